The Morgan fingerprint density at radius 3 is 2.61 bits per heavy atom. The number of hydrogen-bond acceptors (Lipinski definition) is 6. The molecule has 0 saturated carbocycles. The molecule has 1 heterocycles. The summed E-state index contributed by atoms with van der Waals surface area (Å²) >= 11 is 0. The molecule has 0 fully saturated rings. The Labute approximate surface area is 180 Å². The van der Waals surface area contributed by atoms with E-state index in [4.69, 9.17) is 9.47 Å². The minimum absolute atomic E-state index is 0.0345. The van der Waals surface area contributed by atoms with E-state index in [9.17, 15) is 19.5 Å². The second-order valence-corrected chi connectivity index (χ2v) is 7.15. The van der Waals surface area contributed by atoms with Crippen molar-refractivity contribution in [3.63, 3.8) is 0 Å². The molecule has 8 heteroatoms. The van der Waals surface area contributed by atoms with Crippen LogP contribution in [0.1, 0.15) is 18.9 Å². The molecular formula is C23H26N2O6. The van der Waals surface area contributed by atoms with Gasteiger partial charge in [-0.25, -0.2) is 0 Å². The zero-order chi connectivity index (χ0) is 22.2. The zero-order valence-electron chi connectivity index (χ0n) is 17.3. The number of hydrogen-bond donors (Lipinski definition) is 2. The quantitative estimate of drug-likeness (QED) is 0.591. The fourth-order valence-corrected chi connectivity index (χ4v) is 3.48. The fourth-order valence-electron chi connectivity index (χ4n) is 3.48. The number of aryl methyl sites for hydroxylation is 1. The third-order valence-corrected chi connectivity index (χ3v) is 4.96. The Hall–Kier alpha value is -3.39. The summed E-state index contributed by atoms with van der Waals surface area (Å²) in [6.45, 7) is 1.39. The Morgan fingerprint density at radius 2 is 1.90 bits per heavy atom. The monoisotopic (exact) mass is 426 g/mol. The molecule has 1 unspecified atom stereocenters. The molecule has 0 radical (unpaired) electrons. The van der Waals surface area contributed by atoms with Gasteiger partial charge in [0.15, 0.2) is 0 Å². The topological polar surface area (TPSA) is 105 Å². The second-order valence-electron chi connectivity index (χ2n) is 7.15. The number of rotatable bonds is 9. The third kappa shape index (κ3) is 5.82. The highest BCUT2D eigenvalue weighted by molar-refractivity contribution is 6.02. The summed E-state index contributed by atoms with van der Waals surface area (Å²) in [6, 6.07) is 14.8. The van der Waals surface area contributed by atoms with Crippen molar-refractivity contribution in [2.24, 2.45) is 0 Å². The number of esters is 1. The first-order valence-electron chi connectivity index (χ1n) is 10.2. The van der Waals surface area contributed by atoms with E-state index >= 15 is 0 Å². The summed E-state index contributed by atoms with van der Waals surface area (Å²) in [5.41, 5.74) is 1.44. The average molecular weight is 426 g/mol. The highest BCUT2D eigenvalue weighted by Crippen LogP contribution is 2.31. The van der Waals surface area contributed by atoms with Gasteiger partial charge in [-0.05, 0) is 37.5 Å². The summed E-state index contributed by atoms with van der Waals surface area (Å²) in [4.78, 5) is 38.3. The molecule has 2 aromatic carbocycles. The van der Waals surface area contributed by atoms with E-state index in [1.165, 1.54) is 4.90 Å². The fraction of sp³-hybridized carbons (Fsp3) is 0.348. The number of amides is 1. The number of carbonyl (C=O) groups is 3. The van der Waals surface area contributed by atoms with Crippen LogP contribution < -0.4 is 15.0 Å². The van der Waals surface area contributed by atoms with E-state index in [2.05, 4.69) is 5.32 Å². The van der Waals surface area contributed by atoms with Crippen molar-refractivity contribution in [1.82, 2.24) is 5.32 Å². The smallest absolute Gasteiger partial charge is 0.323 e. The van der Waals surface area contributed by atoms with Crippen LogP contribution in [0, 0.1) is 0 Å². The lowest BCUT2D eigenvalue weighted by molar-refractivity contribution is -0.146. The molecule has 0 spiro atoms. The molecule has 0 aromatic heterocycles. The first-order chi connectivity index (χ1) is 15.0. The summed E-state index contributed by atoms with van der Waals surface area (Å²) in [5, 5.41) is 12.4. The number of carboxylic acids is 1. The summed E-state index contributed by atoms with van der Waals surface area (Å²) in [6.07, 6.45) is 1.02. The van der Waals surface area contributed by atoms with Crippen LogP contribution in [0.15, 0.2) is 54.6 Å². The maximum atomic E-state index is 13.2. The van der Waals surface area contributed by atoms with E-state index in [-0.39, 0.29) is 13.2 Å². The van der Waals surface area contributed by atoms with Gasteiger partial charge < -0.3 is 14.6 Å². The van der Waals surface area contributed by atoms with Gasteiger partial charge in [0.2, 0.25) is 5.91 Å². The highest BCUT2D eigenvalue weighted by atomic mass is 16.5. The number of nitrogens with one attached hydrogen (secondary N) is 1. The Balaban J connectivity index is 1.79. The molecule has 3 rings (SSSR count). The first kappa shape index (κ1) is 22.3. The minimum atomic E-state index is -1.14. The number of ether oxygens (including phenoxy) is 2. The maximum Gasteiger partial charge on any atom is 0.323 e. The number of carbonyl (C=O) groups excluding carboxylic acids is 2. The van der Waals surface area contributed by atoms with E-state index in [1.54, 1.807) is 31.2 Å². The van der Waals surface area contributed by atoms with Gasteiger partial charge in [0.1, 0.15) is 31.0 Å². The number of para-hydroxylation sites is 2. The van der Waals surface area contributed by atoms with Gasteiger partial charge in [-0.15, -0.1) is 0 Å². The molecule has 31 heavy (non-hydrogen) atoms. The predicted molar refractivity (Wildman–Crippen MR) is 114 cm³/mol. The molecule has 2 atom stereocenters. The van der Waals surface area contributed by atoms with Crippen LogP contribution in [0.3, 0.4) is 0 Å². The van der Waals surface area contributed by atoms with Crippen molar-refractivity contribution < 1.29 is 29.0 Å². The standard InChI is InChI=1S/C23H26N2O6/c1-2-30-23(29)17(13-12-16-8-4-3-5-9-16)24-18-15-31-20-11-7-6-10-19(20)25(22(18)28)14-21(26)27/h3-11,17-18,24H,2,12-15H2,1H3,(H,26,27)/t17-,18?/m0/s1. The minimum Gasteiger partial charge on any atom is -0.489 e. The number of carboxylic acid groups (broad SMARTS) is 1. The van der Waals surface area contributed by atoms with Crippen LogP contribution in [-0.2, 0) is 25.5 Å². The number of anilines is 1. The molecular weight excluding hydrogens is 400 g/mol. The highest BCUT2D eigenvalue weighted by Gasteiger charge is 2.35. The van der Waals surface area contributed by atoms with Gasteiger partial charge in [-0.3, -0.25) is 24.6 Å². The van der Waals surface area contributed by atoms with Gasteiger partial charge in [-0.2, -0.15) is 0 Å². The average Bonchev–Trinajstić information content (AvgIpc) is 2.89. The van der Waals surface area contributed by atoms with Crippen molar-refractivity contribution in [3.05, 3.63) is 60.2 Å². The summed E-state index contributed by atoms with van der Waals surface area (Å²) < 4.78 is 11.0. The largest absolute Gasteiger partial charge is 0.489 e. The molecule has 0 saturated heterocycles. The molecule has 1 aliphatic rings. The van der Waals surface area contributed by atoms with Crippen LogP contribution in [0.25, 0.3) is 0 Å². The van der Waals surface area contributed by atoms with Gasteiger partial charge in [0.25, 0.3) is 0 Å². The van der Waals surface area contributed by atoms with Gasteiger partial charge in [0.05, 0.1) is 12.3 Å². The van der Waals surface area contributed by atoms with Crippen LogP contribution in [0.2, 0.25) is 0 Å². The van der Waals surface area contributed by atoms with Crippen molar-refractivity contribution in [2.45, 2.75) is 31.8 Å². The number of aliphatic carboxylic acids is 1. The van der Waals surface area contributed by atoms with E-state index in [0.717, 1.165) is 5.56 Å². The molecule has 164 valence electrons. The van der Waals surface area contributed by atoms with E-state index in [1.807, 2.05) is 30.3 Å². The lowest BCUT2D eigenvalue weighted by atomic mass is 10.0. The number of fused-ring (bicyclic) bond motifs is 1. The zero-order valence-corrected chi connectivity index (χ0v) is 17.3. The van der Waals surface area contributed by atoms with Crippen molar-refractivity contribution in [3.8, 4) is 5.75 Å². The molecule has 1 aliphatic heterocycles. The van der Waals surface area contributed by atoms with Gasteiger partial charge >= 0.3 is 11.9 Å². The third-order valence-electron chi connectivity index (χ3n) is 4.96. The SMILES string of the molecule is CCOC(=O)[C@H](CCc1ccccc1)NC1COc2ccccc2N(CC(=O)O)C1=O. The Morgan fingerprint density at radius 1 is 1.19 bits per heavy atom. The van der Waals surface area contributed by atoms with E-state index < -0.39 is 36.5 Å². The molecule has 0 aliphatic carbocycles. The summed E-state index contributed by atoms with van der Waals surface area (Å²) in [7, 11) is 0. The van der Waals surface area contributed by atoms with Crippen LogP contribution in [0.5, 0.6) is 5.75 Å². The van der Waals surface area contributed by atoms with Crippen LogP contribution >= 0.6 is 0 Å². The Kier molecular flexibility index (Phi) is 7.61. The maximum absolute atomic E-state index is 13.2. The van der Waals surface area contributed by atoms with Crippen LogP contribution in [0.4, 0.5) is 5.69 Å². The lowest BCUT2D eigenvalue weighted by Gasteiger charge is -2.26. The van der Waals surface area contributed by atoms with E-state index in [0.29, 0.717) is 24.3 Å². The normalized spacial score (nSPS) is 16.6. The van der Waals surface area contributed by atoms with Gasteiger partial charge in [-0.1, -0.05) is 42.5 Å². The molecule has 0 bridgehead atoms. The molecule has 2 N–H and O–H groups in total. The second kappa shape index (κ2) is 10.6. The molecule has 2 aromatic rings. The van der Waals surface area contributed by atoms with Crippen LogP contribution in [-0.4, -0.2) is 54.8 Å². The van der Waals surface area contributed by atoms with Crippen molar-refractivity contribution >= 4 is 23.5 Å². The number of benzene rings is 2. The van der Waals surface area contributed by atoms with Crippen molar-refractivity contribution in [1.29, 1.82) is 0 Å². The first-order valence-corrected chi connectivity index (χ1v) is 10.2. The number of nitrogens with zero attached hydrogens (tertiary/aromatic N) is 1. The Bertz CT molecular complexity index is 917. The van der Waals surface area contributed by atoms with Crippen molar-refractivity contribution in [2.75, 3.05) is 24.7 Å². The van der Waals surface area contributed by atoms with Gasteiger partial charge in [0, 0.05) is 0 Å². The molecule has 1 amide bonds. The lowest BCUT2D eigenvalue weighted by Crippen LogP contribution is -2.55. The predicted octanol–water partition coefficient (Wildman–Crippen LogP) is 2.02. The molecule has 8 nitrogen and oxygen atoms in total. The summed E-state index contributed by atoms with van der Waals surface area (Å²) in [5.74, 6) is -1.66.